The predicted molar refractivity (Wildman–Crippen MR) is 118 cm³/mol. The van der Waals surface area contributed by atoms with Crippen molar-refractivity contribution in [2.24, 2.45) is 0 Å². The molecule has 4 heterocycles. The van der Waals surface area contributed by atoms with Crippen molar-refractivity contribution in [3.05, 3.63) is 59.9 Å². The summed E-state index contributed by atoms with van der Waals surface area (Å²) in [7, 11) is 0. The topological polar surface area (TPSA) is 87.5 Å². The van der Waals surface area contributed by atoms with E-state index in [1.807, 2.05) is 37.3 Å². The van der Waals surface area contributed by atoms with Gasteiger partial charge in [0.15, 0.2) is 5.69 Å². The van der Waals surface area contributed by atoms with Gasteiger partial charge in [-0.05, 0) is 49.2 Å². The second-order valence-electron chi connectivity index (χ2n) is 8.00. The number of aromatic nitrogens is 3. The third kappa shape index (κ3) is 4.31. The molecule has 166 valence electrons. The molecule has 5 rings (SSSR count). The minimum Gasteiger partial charge on any atom is -0.491 e. The maximum Gasteiger partial charge on any atom is 0.272 e. The number of fused-ring (bicyclic) bond motifs is 2. The van der Waals surface area contributed by atoms with Crippen LogP contribution in [0.1, 0.15) is 29.4 Å². The van der Waals surface area contributed by atoms with E-state index >= 15 is 0 Å². The van der Waals surface area contributed by atoms with E-state index in [0.717, 1.165) is 29.0 Å². The average molecular weight is 434 g/mol. The molecule has 8 nitrogen and oxygen atoms in total. The fourth-order valence-corrected chi connectivity index (χ4v) is 4.07. The number of ether oxygens (including phenoxy) is 3. The van der Waals surface area contributed by atoms with Crippen molar-refractivity contribution in [2.75, 3.05) is 19.8 Å². The first-order valence-electron chi connectivity index (χ1n) is 11.0. The fourth-order valence-electron chi connectivity index (χ4n) is 4.07. The molecular formula is C24H26N4O4. The molecular weight excluding hydrogens is 408 g/mol. The van der Waals surface area contributed by atoms with E-state index in [4.69, 9.17) is 14.2 Å². The van der Waals surface area contributed by atoms with E-state index in [9.17, 15) is 4.79 Å². The number of hydrogen-bond acceptors (Lipinski definition) is 6. The Morgan fingerprint density at radius 3 is 3.06 bits per heavy atom. The number of hydrogen-bond donors (Lipinski definition) is 1. The molecule has 0 radical (unpaired) electrons. The molecule has 2 atom stereocenters. The monoisotopic (exact) mass is 434 g/mol. The number of nitrogens with one attached hydrogen (secondary N) is 1. The summed E-state index contributed by atoms with van der Waals surface area (Å²) in [5, 5.41) is 7.47. The van der Waals surface area contributed by atoms with Crippen LogP contribution in [0.2, 0.25) is 0 Å². The van der Waals surface area contributed by atoms with E-state index in [2.05, 4.69) is 21.5 Å². The van der Waals surface area contributed by atoms with Gasteiger partial charge in [0.1, 0.15) is 18.5 Å². The molecule has 32 heavy (non-hydrogen) atoms. The van der Waals surface area contributed by atoms with Gasteiger partial charge in [0, 0.05) is 37.4 Å². The van der Waals surface area contributed by atoms with E-state index in [1.165, 1.54) is 0 Å². The molecule has 0 saturated carbocycles. The van der Waals surface area contributed by atoms with Gasteiger partial charge in [-0.15, -0.1) is 0 Å². The molecule has 0 bridgehead atoms. The lowest BCUT2D eigenvalue weighted by Gasteiger charge is -2.26. The van der Waals surface area contributed by atoms with Crippen LogP contribution < -0.4 is 14.8 Å². The van der Waals surface area contributed by atoms with Gasteiger partial charge in [0.05, 0.1) is 18.3 Å². The number of rotatable bonds is 6. The first-order chi connectivity index (χ1) is 15.7. The number of carbonyl (C=O) groups is 1. The second-order valence-corrected chi connectivity index (χ2v) is 8.00. The van der Waals surface area contributed by atoms with E-state index < -0.39 is 0 Å². The predicted octanol–water partition coefficient (Wildman–Crippen LogP) is 2.87. The summed E-state index contributed by atoms with van der Waals surface area (Å²) in [5.74, 6) is 1.23. The van der Waals surface area contributed by atoms with Gasteiger partial charge in [0.25, 0.3) is 5.91 Å². The highest BCUT2D eigenvalue weighted by Crippen LogP contribution is 2.30. The van der Waals surface area contributed by atoms with Gasteiger partial charge in [-0.2, -0.15) is 5.10 Å². The summed E-state index contributed by atoms with van der Waals surface area (Å²) in [6.07, 6.45) is 3.26. The fraction of sp³-hybridized carbons (Fsp3) is 0.375. The van der Waals surface area contributed by atoms with E-state index in [0.29, 0.717) is 44.4 Å². The highest BCUT2D eigenvalue weighted by atomic mass is 16.5. The molecule has 1 amide bonds. The van der Waals surface area contributed by atoms with Crippen molar-refractivity contribution in [3.63, 3.8) is 0 Å². The van der Waals surface area contributed by atoms with Gasteiger partial charge >= 0.3 is 0 Å². The first-order valence-corrected chi connectivity index (χ1v) is 11.0. The summed E-state index contributed by atoms with van der Waals surface area (Å²) in [6, 6.07) is 13.5. The van der Waals surface area contributed by atoms with Gasteiger partial charge in [-0.1, -0.05) is 6.07 Å². The molecule has 0 saturated heterocycles. The van der Waals surface area contributed by atoms with Crippen LogP contribution in [0.3, 0.4) is 0 Å². The van der Waals surface area contributed by atoms with E-state index in [-0.39, 0.29) is 18.1 Å². The number of nitrogens with zero attached hydrogens (tertiary/aromatic N) is 3. The summed E-state index contributed by atoms with van der Waals surface area (Å²) in [5.41, 5.74) is 3.34. The number of benzene rings is 1. The smallest absolute Gasteiger partial charge is 0.272 e. The van der Waals surface area contributed by atoms with Gasteiger partial charge < -0.3 is 19.5 Å². The van der Waals surface area contributed by atoms with Crippen LogP contribution in [0.4, 0.5) is 0 Å². The van der Waals surface area contributed by atoms with Gasteiger partial charge in [-0.25, -0.2) is 4.68 Å². The average Bonchev–Trinajstić information content (AvgIpc) is 3.26. The Hall–Kier alpha value is -3.39. The van der Waals surface area contributed by atoms with Crippen LogP contribution in [0.5, 0.6) is 11.6 Å². The van der Waals surface area contributed by atoms with Crippen molar-refractivity contribution >= 4 is 5.91 Å². The first kappa shape index (κ1) is 20.5. The molecule has 3 aromatic rings. The lowest BCUT2D eigenvalue weighted by molar-refractivity contribution is 0.0309. The van der Waals surface area contributed by atoms with E-state index in [1.54, 1.807) is 16.9 Å². The highest BCUT2D eigenvalue weighted by Gasteiger charge is 2.27. The molecule has 1 N–H and O–H groups in total. The number of amides is 1. The molecule has 2 aromatic heterocycles. The van der Waals surface area contributed by atoms with Crippen LogP contribution in [0, 0.1) is 0 Å². The lowest BCUT2D eigenvalue weighted by Crippen LogP contribution is -2.42. The quantitative estimate of drug-likeness (QED) is 0.642. The molecule has 0 aliphatic carbocycles. The number of carbonyl (C=O) groups excluding carboxylic acids is 1. The third-order valence-electron chi connectivity index (χ3n) is 5.70. The van der Waals surface area contributed by atoms with Crippen molar-refractivity contribution in [3.8, 4) is 22.9 Å². The van der Waals surface area contributed by atoms with Crippen molar-refractivity contribution in [1.29, 1.82) is 0 Å². The maximum absolute atomic E-state index is 12.9. The second kappa shape index (κ2) is 9.00. The van der Waals surface area contributed by atoms with Crippen LogP contribution >= 0.6 is 0 Å². The Kier molecular flexibility index (Phi) is 5.77. The van der Waals surface area contributed by atoms with Crippen LogP contribution in [-0.4, -0.2) is 52.6 Å². The molecule has 2 aliphatic heterocycles. The Labute approximate surface area is 186 Å². The Balaban J connectivity index is 1.25. The van der Waals surface area contributed by atoms with Gasteiger partial charge in [0.2, 0.25) is 5.88 Å². The minimum absolute atomic E-state index is 0.00777. The summed E-state index contributed by atoms with van der Waals surface area (Å²) >= 11 is 0. The SMILES string of the molecule is CCOC[C@H]1CCn2nc(C(=O)N[C@H]3COc4ccc(-c5ccccn5)cc4C3)cc2O1. The normalized spacial score (nSPS) is 19.3. The van der Waals surface area contributed by atoms with Crippen molar-refractivity contribution < 1.29 is 19.0 Å². The molecule has 0 unspecified atom stereocenters. The zero-order valence-corrected chi connectivity index (χ0v) is 18.0. The van der Waals surface area contributed by atoms with Crippen LogP contribution in [-0.2, 0) is 17.7 Å². The molecule has 8 heteroatoms. The van der Waals surface area contributed by atoms with Gasteiger partial charge in [-0.3, -0.25) is 9.78 Å². The van der Waals surface area contributed by atoms with Crippen molar-refractivity contribution in [2.45, 2.75) is 38.5 Å². The van der Waals surface area contributed by atoms with Crippen molar-refractivity contribution in [1.82, 2.24) is 20.1 Å². The number of pyridine rings is 1. The Morgan fingerprint density at radius 2 is 2.22 bits per heavy atom. The molecule has 2 aliphatic rings. The summed E-state index contributed by atoms with van der Waals surface area (Å²) in [4.78, 5) is 17.3. The molecule has 0 spiro atoms. The zero-order valence-electron chi connectivity index (χ0n) is 18.0. The minimum atomic E-state index is -0.227. The lowest BCUT2D eigenvalue weighted by atomic mass is 9.99. The molecule has 0 fully saturated rings. The Morgan fingerprint density at radius 1 is 1.28 bits per heavy atom. The molecule has 1 aromatic carbocycles. The highest BCUT2D eigenvalue weighted by molar-refractivity contribution is 5.92. The zero-order chi connectivity index (χ0) is 21.9. The Bertz CT molecular complexity index is 1100. The summed E-state index contributed by atoms with van der Waals surface area (Å²) in [6.45, 7) is 4.28. The largest absolute Gasteiger partial charge is 0.491 e. The summed E-state index contributed by atoms with van der Waals surface area (Å²) < 4.78 is 19.0. The number of aryl methyl sites for hydroxylation is 1. The standard InChI is InChI=1S/C24H26N4O4/c1-2-30-15-19-8-10-28-23(32-19)13-21(27-28)24(29)26-18-12-17-11-16(6-7-22(17)31-14-18)20-5-3-4-9-25-20/h3-7,9,11,13,18-19H,2,8,10,12,14-15H2,1H3,(H,26,29)/t18-,19-/m1/s1. The van der Waals surface area contributed by atoms with Crippen LogP contribution in [0.15, 0.2) is 48.7 Å². The van der Waals surface area contributed by atoms with Crippen LogP contribution in [0.25, 0.3) is 11.3 Å². The third-order valence-corrected chi connectivity index (χ3v) is 5.70. The maximum atomic E-state index is 12.9.